The highest BCUT2D eigenvalue weighted by molar-refractivity contribution is 4.80. The molecule has 0 saturated heterocycles. The molecule has 0 aromatic rings. The molecule has 0 aliphatic heterocycles. The summed E-state index contributed by atoms with van der Waals surface area (Å²) in [7, 11) is 0. The maximum atomic E-state index is 3.73. The van der Waals surface area contributed by atoms with Gasteiger partial charge >= 0.3 is 0 Å². The summed E-state index contributed by atoms with van der Waals surface area (Å²) in [5, 5.41) is 3.38. The molecule has 0 radical (unpaired) electrons. The van der Waals surface area contributed by atoms with E-state index in [0.29, 0.717) is 6.04 Å². The minimum atomic E-state index is 0.564. The molecule has 0 unspecified atom stereocenters. The molecule has 0 spiro atoms. The van der Waals surface area contributed by atoms with Crippen molar-refractivity contribution < 1.29 is 0 Å². The molecule has 2 nitrogen and oxygen atoms in total. The predicted octanol–water partition coefficient (Wildman–Crippen LogP) is 1.66. The van der Waals surface area contributed by atoms with Gasteiger partial charge in [-0.05, 0) is 0 Å². The van der Waals surface area contributed by atoms with E-state index in [2.05, 4.69) is 37.2 Å². The van der Waals surface area contributed by atoms with Crippen LogP contribution < -0.4 is 5.32 Å². The Morgan fingerprint density at radius 3 is 2.15 bits per heavy atom. The van der Waals surface area contributed by atoms with Gasteiger partial charge in [-0.3, -0.25) is 4.90 Å². The largest absolute Gasteiger partial charge is 0.313 e. The van der Waals surface area contributed by atoms with Crippen molar-refractivity contribution in [2.75, 3.05) is 26.2 Å². The molecule has 13 heavy (non-hydrogen) atoms. The highest BCUT2D eigenvalue weighted by atomic mass is 15.1. The molecule has 2 heteroatoms. The van der Waals surface area contributed by atoms with E-state index in [9.17, 15) is 0 Å². The summed E-state index contributed by atoms with van der Waals surface area (Å²) in [4.78, 5) is 2.30. The van der Waals surface area contributed by atoms with Crippen LogP contribution in [0.5, 0.6) is 0 Å². The van der Waals surface area contributed by atoms with Gasteiger partial charge in [0.1, 0.15) is 0 Å². The zero-order valence-electron chi connectivity index (χ0n) is 8.92. The molecule has 0 aromatic heterocycles. The van der Waals surface area contributed by atoms with Gasteiger partial charge in [0.15, 0.2) is 0 Å². The molecular formula is C11H22N2. The lowest BCUT2D eigenvalue weighted by molar-refractivity contribution is 0.328. The molecule has 0 saturated carbocycles. The van der Waals surface area contributed by atoms with Gasteiger partial charge in [-0.25, -0.2) is 0 Å². The summed E-state index contributed by atoms with van der Waals surface area (Å²) in [6.07, 6.45) is 3.86. The first-order valence-electron chi connectivity index (χ1n) is 4.88. The summed E-state index contributed by atoms with van der Waals surface area (Å²) in [6.45, 7) is 15.7. The molecule has 0 atom stereocenters. The minimum Gasteiger partial charge on any atom is -0.313 e. The Morgan fingerprint density at radius 1 is 1.23 bits per heavy atom. The van der Waals surface area contributed by atoms with Crippen LogP contribution >= 0.6 is 0 Å². The number of nitrogens with one attached hydrogen (secondary N) is 1. The standard InChI is InChI=1S/C11H22N2/c1-5-8-13(9-6-2)10-7-12-11(3)4/h5-6,11-12H,1-2,7-10H2,3-4H3. The zero-order valence-corrected chi connectivity index (χ0v) is 8.92. The molecule has 0 rings (SSSR count). The van der Waals surface area contributed by atoms with Crippen LogP contribution in [-0.2, 0) is 0 Å². The molecule has 76 valence electrons. The van der Waals surface area contributed by atoms with Gasteiger partial charge in [0.2, 0.25) is 0 Å². The molecule has 0 aliphatic carbocycles. The summed E-state index contributed by atoms with van der Waals surface area (Å²) in [5.41, 5.74) is 0. The molecule has 1 N–H and O–H groups in total. The Hall–Kier alpha value is -0.600. The SMILES string of the molecule is C=CCN(CC=C)CCNC(C)C. The van der Waals surface area contributed by atoms with Gasteiger partial charge in [-0.15, -0.1) is 13.2 Å². The average Bonchev–Trinajstić information content (AvgIpc) is 2.04. The van der Waals surface area contributed by atoms with Crippen molar-refractivity contribution in [3.05, 3.63) is 25.3 Å². The Kier molecular flexibility index (Phi) is 7.65. The van der Waals surface area contributed by atoms with E-state index in [4.69, 9.17) is 0 Å². The van der Waals surface area contributed by atoms with E-state index in [1.165, 1.54) is 0 Å². The number of nitrogens with zero attached hydrogens (tertiary/aromatic N) is 1. The van der Waals surface area contributed by atoms with Crippen molar-refractivity contribution >= 4 is 0 Å². The quantitative estimate of drug-likeness (QED) is 0.574. The lowest BCUT2D eigenvalue weighted by Gasteiger charge is -2.19. The third-order valence-electron chi connectivity index (χ3n) is 1.76. The fourth-order valence-electron chi connectivity index (χ4n) is 1.13. The predicted molar refractivity (Wildman–Crippen MR) is 60.0 cm³/mol. The summed E-state index contributed by atoms with van der Waals surface area (Å²) >= 11 is 0. The molecular weight excluding hydrogens is 160 g/mol. The second-order valence-electron chi connectivity index (χ2n) is 3.45. The van der Waals surface area contributed by atoms with E-state index in [0.717, 1.165) is 26.2 Å². The summed E-state index contributed by atoms with van der Waals surface area (Å²) in [5.74, 6) is 0. The fraction of sp³-hybridized carbons (Fsp3) is 0.636. The van der Waals surface area contributed by atoms with Gasteiger partial charge in [0.05, 0.1) is 0 Å². The van der Waals surface area contributed by atoms with Crippen molar-refractivity contribution in [1.29, 1.82) is 0 Å². The normalized spacial score (nSPS) is 10.8. The average molecular weight is 182 g/mol. The van der Waals surface area contributed by atoms with Crippen LogP contribution in [0.25, 0.3) is 0 Å². The van der Waals surface area contributed by atoms with E-state index < -0.39 is 0 Å². The lowest BCUT2D eigenvalue weighted by atomic mass is 10.3. The lowest BCUT2D eigenvalue weighted by Crippen LogP contribution is -2.35. The van der Waals surface area contributed by atoms with Gasteiger partial charge in [-0.2, -0.15) is 0 Å². The number of rotatable bonds is 8. The Morgan fingerprint density at radius 2 is 1.77 bits per heavy atom. The number of hydrogen-bond acceptors (Lipinski definition) is 2. The van der Waals surface area contributed by atoms with Crippen LogP contribution in [0.3, 0.4) is 0 Å². The maximum Gasteiger partial charge on any atom is 0.0164 e. The number of hydrogen-bond donors (Lipinski definition) is 1. The second-order valence-corrected chi connectivity index (χ2v) is 3.45. The van der Waals surface area contributed by atoms with E-state index in [1.54, 1.807) is 0 Å². The molecule has 0 fully saturated rings. The summed E-state index contributed by atoms with van der Waals surface area (Å²) in [6, 6.07) is 0.564. The fourth-order valence-corrected chi connectivity index (χ4v) is 1.13. The molecule has 0 aromatic carbocycles. The van der Waals surface area contributed by atoms with E-state index in [-0.39, 0.29) is 0 Å². The highest BCUT2D eigenvalue weighted by Gasteiger charge is 1.99. The van der Waals surface area contributed by atoms with Crippen LogP contribution in [-0.4, -0.2) is 37.1 Å². The molecule has 0 amide bonds. The first-order chi connectivity index (χ1) is 6.20. The van der Waals surface area contributed by atoms with Crippen LogP contribution in [0.15, 0.2) is 25.3 Å². The monoisotopic (exact) mass is 182 g/mol. The molecule has 0 bridgehead atoms. The Labute approximate surface area is 82.3 Å². The van der Waals surface area contributed by atoms with E-state index in [1.807, 2.05) is 12.2 Å². The van der Waals surface area contributed by atoms with Crippen LogP contribution in [0.2, 0.25) is 0 Å². The highest BCUT2D eigenvalue weighted by Crippen LogP contribution is 1.88. The van der Waals surface area contributed by atoms with E-state index >= 15 is 0 Å². The van der Waals surface area contributed by atoms with Gasteiger partial charge in [-0.1, -0.05) is 26.0 Å². The first-order valence-corrected chi connectivity index (χ1v) is 4.88. The topological polar surface area (TPSA) is 15.3 Å². The zero-order chi connectivity index (χ0) is 10.1. The van der Waals surface area contributed by atoms with Crippen molar-refractivity contribution in [1.82, 2.24) is 10.2 Å². The molecule has 0 heterocycles. The Balaban J connectivity index is 3.55. The van der Waals surface area contributed by atoms with Gasteiger partial charge in [0, 0.05) is 32.2 Å². The van der Waals surface area contributed by atoms with Crippen LogP contribution in [0.4, 0.5) is 0 Å². The smallest absolute Gasteiger partial charge is 0.0164 e. The van der Waals surface area contributed by atoms with Gasteiger partial charge < -0.3 is 5.32 Å². The third kappa shape index (κ3) is 7.75. The van der Waals surface area contributed by atoms with Gasteiger partial charge in [0.25, 0.3) is 0 Å². The maximum absolute atomic E-state index is 3.73. The Bertz CT molecular complexity index is 131. The summed E-state index contributed by atoms with van der Waals surface area (Å²) < 4.78 is 0. The van der Waals surface area contributed by atoms with Crippen molar-refractivity contribution in [3.63, 3.8) is 0 Å². The van der Waals surface area contributed by atoms with Crippen LogP contribution in [0, 0.1) is 0 Å². The van der Waals surface area contributed by atoms with Crippen molar-refractivity contribution in [2.24, 2.45) is 0 Å². The molecule has 0 aliphatic rings. The second kappa shape index (κ2) is 8.02. The van der Waals surface area contributed by atoms with Crippen molar-refractivity contribution in [3.8, 4) is 0 Å². The first kappa shape index (κ1) is 12.4. The van der Waals surface area contributed by atoms with Crippen LogP contribution in [0.1, 0.15) is 13.8 Å². The third-order valence-corrected chi connectivity index (χ3v) is 1.76. The minimum absolute atomic E-state index is 0.564. The van der Waals surface area contributed by atoms with Crippen molar-refractivity contribution in [2.45, 2.75) is 19.9 Å².